The number of carbonyl (C=O) groups is 1. The number of sulfonamides is 1. The molecule has 1 aromatic rings. The van der Waals surface area contributed by atoms with E-state index in [4.69, 9.17) is 0 Å². The van der Waals surface area contributed by atoms with E-state index < -0.39 is 15.4 Å². The number of likely N-dealkylation sites (N-methyl/N-ethyl adjacent to an activating group) is 1. The fraction of sp³-hybridized carbons (Fsp3) is 0.500. The molecule has 0 aliphatic carbocycles. The smallest absolute Gasteiger partial charge is 0.240 e. The number of benzene rings is 1. The van der Waals surface area contributed by atoms with Gasteiger partial charge in [0.15, 0.2) is 0 Å². The first-order valence-corrected chi connectivity index (χ1v) is 8.20. The van der Waals surface area contributed by atoms with E-state index in [1.165, 1.54) is 0 Å². The van der Waals surface area contributed by atoms with Gasteiger partial charge in [-0.2, -0.15) is 0 Å². The third kappa shape index (κ3) is 2.13. The first-order chi connectivity index (χ1) is 9.25. The highest BCUT2D eigenvalue weighted by Crippen LogP contribution is 2.42. The van der Waals surface area contributed by atoms with Crippen LogP contribution < -0.4 is 9.62 Å². The normalized spacial score (nSPS) is 17.4. The molecule has 20 heavy (non-hydrogen) atoms. The molecule has 0 saturated heterocycles. The van der Waals surface area contributed by atoms with Crippen molar-refractivity contribution >= 4 is 21.6 Å². The molecule has 0 bridgehead atoms. The van der Waals surface area contributed by atoms with Gasteiger partial charge in [0.2, 0.25) is 15.9 Å². The van der Waals surface area contributed by atoms with E-state index in [1.807, 2.05) is 20.8 Å². The third-order valence-electron chi connectivity index (χ3n) is 3.67. The molecule has 1 aliphatic rings. The predicted molar refractivity (Wildman–Crippen MR) is 78.4 cm³/mol. The summed E-state index contributed by atoms with van der Waals surface area (Å²) >= 11 is 0. The summed E-state index contributed by atoms with van der Waals surface area (Å²) in [4.78, 5) is 14.3. The lowest BCUT2D eigenvalue weighted by Crippen LogP contribution is -2.35. The van der Waals surface area contributed by atoms with Crippen LogP contribution in [0, 0.1) is 0 Å². The Bertz CT molecular complexity index is 650. The maximum atomic E-state index is 12.4. The Labute approximate surface area is 120 Å². The van der Waals surface area contributed by atoms with Crippen molar-refractivity contribution in [3.05, 3.63) is 23.8 Å². The fourth-order valence-electron chi connectivity index (χ4n) is 2.57. The lowest BCUT2D eigenvalue weighted by atomic mass is 9.86. The van der Waals surface area contributed by atoms with Crippen LogP contribution in [-0.2, 0) is 20.2 Å². The van der Waals surface area contributed by atoms with Gasteiger partial charge in [-0.1, -0.05) is 6.92 Å². The summed E-state index contributed by atoms with van der Waals surface area (Å²) < 4.78 is 26.6. The van der Waals surface area contributed by atoms with Crippen molar-refractivity contribution in [1.82, 2.24) is 4.72 Å². The van der Waals surface area contributed by atoms with Gasteiger partial charge in [0.05, 0.1) is 10.3 Å². The summed E-state index contributed by atoms with van der Waals surface area (Å²) in [6.07, 6.45) is 0. The summed E-state index contributed by atoms with van der Waals surface area (Å²) in [5.41, 5.74) is 0.879. The van der Waals surface area contributed by atoms with Crippen molar-refractivity contribution in [2.75, 3.05) is 18.0 Å². The number of nitrogens with zero attached hydrogens (tertiary/aromatic N) is 1. The largest absolute Gasteiger partial charge is 0.312 e. The molecular weight excluding hydrogens is 276 g/mol. The Hall–Kier alpha value is -1.40. The van der Waals surface area contributed by atoms with Crippen LogP contribution >= 0.6 is 0 Å². The van der Waals surface area contributed by atoms with Crippen molar-refractivity contribution in [1.29, 1.82) is 0 Å². The molecule has 0 spiro atoms. The van der Waals surface area contributed by atoms with Gasteiger partial charge < -0.3 is 4.90 Å². The fourth-order valence-corrected chi connectivity index (χ4v) is 3.63. The van der Waals surface area contributed by atoms with E-state index in [1.54, 1.807) is 30.0 Å². The summed E-state index contributed by atoms with van der Waals surface area (Å²) in [6.45, 7) is 8.21. The summed E-state index contributed by atoms with van der Waals surface area (Å²) in [5.74, 6) is 0.00741. The minimum absolute atomic E-state index is 0.00741. The van der Waals surface area contributed by atoms with E-state index >= 15 is 0 Å². The van der Waals surface area contributed by atoms with Gasteiger partial charge in [0, 0.05) is 18.8 Å². The van der Waals surface area contributed by atoms with E-state index in [0.29, 0.717) is 13.1 Å². The number of rotatable bonds is 4. The second kappa shape index (κ2) is 4.86. The molecule has 1 aromatic carbocycles. The Morgan fingerprint density at radius 3 is 2.45 bits per heavy atom. The molecule has 5 nitrogen and oxygen atoms in total. The van der Waals surface area contributed by atoms with Crippen LogP contribution in [0.3, 0.4) is 0 Å². The van der Waals surface area contributed by atoms with E-state index in [9.17, 15) is 13.2 Å². The molecule has 0 aromatic heterocycles. The molecule has 1 aliphatic heterocycles. The van der Waals surface area contributed by atoms with Crippen LogP contribution in [0.15, 0.2) is 23.1 Å². The zero-order chi connectivity index (χ0) is 15.1. The highest BCUT2D eigenvalue weighted by molar-refractivity contribution is 7.89. The van der Waals surface area contributed by atoms with Gasteiger partial charge in [-0.3, -0.25) is 4.79 Å². The molecular formula is C14H20N2O3S. The molecule has 110 valence electrons. The second-order valence-corrected chi connectivity index (χ2v) is 7.12. The van der Waals surface area contributed by atoms with Crippen LogP contribution in [0.25, 0.3) is 0 Å². The van der Waals surface area contributed by atoms with Gasteiger partial charge >= 0.3 is 0 Å². The minimum Gasteiger partial charge on any atom is -0.312 e. The first-order valence-electron chi connectivity index (χ1n) is 6.71. The monoisotopic (exact) mass is 296 g/mol. The molecule has 6 heteroatoms. The number of fused-ring (bicyclic) bond motifs is 1. The van der Waals surface area contributed by atoms with Gasteiger partial charge in [-0.25, -0.2) is 13.1 Å². The Balaban J connectivity index is 2.59. The summed E-state index contributed by atoms with van der Waals surface area (Å²) in [7, 11) is -3.50. The number of hydrogen-bond donors (Lipinski definition) is 1. The number of amides is 1. The van der Waals surface area contributed by atoms with Crippen molar-refractivity contribution in [3.63, 3.8) is 0 Å². The summed E-state index contributed by atoms with van der Waals surface area (Å²) in [6, 6.07) is 4.88. The number of nitrogens with one attached hydrogen (secondary N) is 1. The van der Waals surface area contributed by atoms with Crippen LogP contribution in [0.4, 0.5) is 5.69 Å². The molecule has 1 amide bonds. The maximum Gasteiger partial charge on any atom is 0.240 e. The standard InChI is InChI=1S/C14H20N2O3S/c1-5-15-20(18,19)10-7-8-12-11(9-10)14(3,4)13(17)16(12)6-2/h7-9,15H,5-6H2,1-4H3. The molecule has 0 fully saturated rings. The molecule has 1 heterocycles. The van der Waals surface area contributed by atoms with Crippen LogP contribution in [0.5, 0.6) is 0 Å². The number of anilines is 1. The Morgan fingerprint density at radius 1 is 1.25 bits per heavy atom. The lowest BCUT2D eigenvalue weighted by Gasteiger charge is -2.18. The highest BCUT2D eigenvalue weighted by atomic mass is 32.2. The first kappa shape index (κ1) is 15.0. The maximum absolute atomic E-state index is 12.4. The molecule has 1 N–H and O–H groups in total. The Morgan fingerprint density at radius 2 is 1.90 bits per heavy atom. The van der Waals surface area contributed by atoms with Gasteiger partial charge in [-0.05, 0) is 44.5 Å². The number of hydrogen-bond acceptors (Lipinski definition) is 3. The van der Waals surface area contributed by atoms with Crippen molar-refractivity contribution in [2.24, 2.45) is 0 Å². The Kier molecular flexibility index (Phi) is 3.64. The third-order valence-corrected chi connectivity index (χ3v) is 5.22. The average Bonchev–Trinajstić information content (AvgIpc) is 2.57. The van der Waals surface area contributed by atoms with Crippen LogP contribution in [0.1, 0.15) is 33.3 Å². The van der Waals surface area contributed by atoms with Crippen LogP contribution in [-0.4, -0.2) is 27.4 Å². The van der Waals surface area contributed by atoms with Crippen molar-refractivity contribution in [2.45, 2.75) is 38.0 Å². The van der Waals surface area contributed by atoms with Crippen molar-refractivity contribution < 1.29 is 13.2 Å². The molecule has 0 radical (unpaired) electrons. The van der Waals surface area contributed by atoms with E-state index in [-0.39, 0.29) is 10.8 Å². The van der Waals surface area contributed by atoms with Gasteiger partial charge in [0.1, 0.15) is 0 Å². The van der Waals surface area contributed by atoms with Crippen molar-refractivity contribution in [3.8, 4) is 0 Å². The second-order valence-electron chi connectivity index (χ2n) is 5.35. The van der Waals surface area contributed by atoms with Gasteiger partial charge in [-0.15, -0.1) is 0 Å². The molecule has 0 unspecified atom stereocenters. The SMILES string of the molecule is CCNS(=O)(=O)c1ccc2c(c1)C(C)(C)C(=O)N2CC. The molecule has 2 rings (SSSR count). The molecule has 0 atom stereocenters. The predicted octanol–water partition coefficient (Wildman–Crippen LogP) is 1.63. The quantitative estimate of drug-likeness (QED) is 0.918. The lowest BCUT2D eigenvalue weighted by molar-refractivity contribution is -0.122. The topological polar surface area (TPSA) is 66.5 Å². The average molecular weight is 296 g/mol. The highest BCUT2D eigenvalue weighted by Gasteiger charge is 2.43. The molecule has 0 saturated carbocycles. The van der Waals surface area contributed by atoms with E-state index in [2.05, 4.69) is 4.72 Å². The zero-order valence-electron chi connectivity index (χ0n) is 12.2. The van der Waals surface area contributed by atoms with E-state index in [0.717, 1.165) is 11.3 Å². The minimum atomic E-state index is -3.50. The zero-order valence-corrected chi connectivity index (χ0v) is 13.0. The summed E-state index contributed by atoms with van der Waals surface area (Å²) in [5, 5.41) is 0. The van der Waals surface area contributed by atoms with Gasteiger partial charge in [0.25, 0.3) is 0 Å². The number of carbonyl (C=O) groups excluding carboxylic acids is 1. The van der Waals surface area contributed by atoms with Crippen LogP contribution in [0.2, 0.25) is 0 Å².